The second-order valence-corrected chi connectivity index (χ2v) is 9.07. The van der Waals surface area contributed by atoms with Crippen LogP contribution in [0.4, 0.5) is 32.0 Å². The van der Waals surface area contributed by atoms with Gasteiger partial charge in [0.05, 0.1) is 25.3 Å². The Labute approximate surface area is 199 Å². The van der Waals surface area contributed by atoms with E-state index in [-0.39, 0.29) is 35.7 Å². The molecular weight excluding hydrogens is 475 g/mol. The van der Waals surface area contributed by atoms with E-state index in [9.17, 15) is 27.6 Å². The van der Waals surface area contributed by atoms with Crippen molar-refractivity contribution < 1.29 is 36.4 Å². The average Bonchev–Trinajstić information content (AvgIpc) is 2.74. The van der Waals surface area contributed by atoms with Crippen LogP contribution in [0.25, 0.3) is 0 Å². The van der Waals surface area contributed by atoms with Crippen molar-refractivity contribution in [1.82, 2.24) is 9.80 Å². The van der Waals surface area contributed by atoms with Crippen LogP contribution in [0, 0.1) is 11.6 Å². The van der Waals surface area contributed by atoms with Crippen LogP contribution in [-0.2, 0) is 6.42 Å². The van der Waals surface area contributed by atoms with E-state index in [4.69, 9.17) is 0 Å². The normalized spacial score (nSPS) is 19.4. The Kier molecular flexibility index (Phi) is 7.65. The van der Waals surface area contributed by atoms with E-state index < -0.39 is 49.8 Å². The molecule has 0 saturated carbocycles. The highest BCUT2D eigenvalue weighted by Crippen LogP contribution is 2.39. The second kappa shape index (κ2) is 10.4. The van der Waals surface area contributed by atoms with Crippen molar-refractivity contribution in [3.63, 3.8) is 0 Å². The van der Waals surface area contributed by atoms with Crippen molar-refractivity contribution in [1.29, 1.82) is 0 Å². The summed E-state index contributed by atoms with van der Waals surface area (Å²) in [6.45, 7) is -0.0840. The van der Waals surface area contributed by atoms with Gasteiger partial charge in [-0.2, -0.15) is 13.2 Å². The van der Waals surface area contributed by atoms with Gasteiger partial charge >= 0.3 is 13.3 Å². The molecule has 2 aliphatic heterocycles. The third-order valence-corrected chi connectivity index (χ3v) is 6.46. The number of rotatable bonds is 8. The van der Waals surface area contributed by atoms with Crippen LogP contribution >= 0.6 is 0 Å². The van der Waals surface area contributed by atoms with E-state index in [0.29, 0.717) is 31.6 Å². The molecule has 2 heterocycles. The molecule has 190 valence electrons. The first-order valence-electron chi connectivity index (χ1n) is 11.4. The number of nitrogens with zero attached hydrogens (tertiary/aromatic N) is 2. The highest BCUT2D eigenvalue weighted by molar-refractivity contribution is 6.58. The fourth-order valence-electron chi connectivity index (χ4n) is 4.89. The van der Waals surface area contributed by atoms with Gasteiger partial charge in [-0.15, -0.1) is 0 Å². The highest BCUT2D eigenvalue weighted by Gasteiger charge is 2.40. The molecule has 1 atom stereocenters. The quantitative estimate of drug-likeness (QED) is 0.384. The van der Waals surface area contributed by atoms with E-state index in [0.717, 1.165) is 17.0 Å². The number of alkyl halides is 4. The first-order chi connectivity index (χ1) is 16.6. The van der Waals surface area contributed by atoms with Crippen molar-refractivity contribution in [3.05, 3.63) is 58.7 Å². The lowest BCUT2D eigenvalue weighted by molar-refractivity contribution is -0.150. The fraction of sp³-hybridized carbons (Fsp3) is 0.478. The van der Waals surface area contributed by atoms with Gasteiger partial charge in [-0.3, -0.25) is 14.2 Å². The van der Waals surface area contributed by atoms with Crippen LogP contribution in [0.15, 0.2) is 30.3 Å². The Balaban J connectivity index is 1.62. The SMILES string of the molecule is OB(O)c1ccc2c(c1)CCN(CC(F)(F)F)C2c1c(F)cc(NC2CN(CCCF)C2)cc1F. The van der Waals surface area contributed by atoms with Crippen molar-refractivity contribution in [2.45, 2.75) is 31.1 Å². The largest absolute Gasteiger partial charge is 0.488 e. The van der Waals surface area contributed by atoms with Gasteiger partial charge in [-0.25, -0.2) is 8.78 Å². The van der Waals surface area contributed by atoms with Crippen LogP contribution in [0.3, 0.4) is 0 Å². The summed E-state index contributed by atoms with van der Waals surface area (Å²) in [6.07, 6.45) is -4.00. The van der Waals surface area contributed by atoms with E-state index in [1.54, 1.807) is 0 Å². The number of likely N-dealkylation sites (tertiary alicyclic amines) is 1. The van der Waals surface area contributed by atoms with Crippen LogP contribution in [-0.4, -0.2) is 78.6 Å². The van der Waals surface area contributed by atoms with Gasteiger partial charge < -0.3 is 15.4 Å². The molecule has 0 amide bonds. The van der Waals surface area contributed by atoms with Crippen LogP contribution < -0.4 is 10.8 Å². The number of fused-ring (bicyclic) bond motifs is 1. The third kappa shape index (κ3) is 5.93. The van der Waals surface area contributed by atoms with E-state index >= 15 is 8.78 Å². The molecule has 5 nitrogen and oxygen atoms in total. The minimum Gasteiger partial charge on any atom is -0.423 e. The highest BCUT2D eigenvalue weighted by atomic mass is 19.4. The molecule has 0 aromatic heterocycles. The molecule has 0 aliphatic carbocycles. The molecule has 3 N–H and O–H groups in total. The van der Waals surface area contributed by atoms with Gasteiger partial charge in [0.15, 0.2) is 0 Å². The van der Waals surface area contributed by atoms with Gasteiger partial charge in [-0.1, -0.05) is 18.2 Å². The molecule has 0 spiro atoms. The standard InChI is InChI=1S/C23H26BF6N3O2/c25-5-1-6-32-11-17(12-32)31-16-9-19(26)21(20(27)10-16)22-18-3-2-15(24(34)35)8-14(18)4-7-33(22)13-23(28,29)30/h2-3,8-10,17,22,31,34-35H,1,4-7,11-13H2. The Morgan fingerprint density at radius 2 is 1.74 bits per heavy atom. The summed E-state index contributed by atoms with van der Waals surface area (Å²) in [7, 11) is -1.77. The van der Waals surface area contributed by atoms with E-state index in [1.165, 1.54) is 18.2 Å². The summed E-state index contributed by atoms with van der Waals surface area (Å²) in [5.74, 6) is -1.95. The number of benzene rings is 2. The van der Waals surface area contributed by atoms with Crippen molar-refractivity contribution >= 4 is 18.3 Å². The minimum absolute atomic E-state index is 0.0697. The first-order valence-corrected chi connectivity index (χ1v) is 11.4. The Morgan fingerprint density at radius 3 is 2.34 bits per heavy atom. The number of anilines is 1. The molecule has 0 bridgehead atoms. The first kappa shape index (κ1) is 25.8. The zero-order valence-corrected chi connectivity index (χ0v) is 18.8. The maximum Gasteiger partial charge on any atom is 0.488 e. The van der Waals surface area contributed by atoms with Crippen LogP contribution in [0.2, 0.25) is 0 Å². The predicted octanol–water partition coefficient (Wildman–Crippen LogP) is 2.61. The van der Waals surface area contributed by atoms with Crippen molar-refractivity contribution in [2.75, 3.05) is 44.7 Å². The summed E-state index contributed by atoms with van der Waals surface area (Å²) < 4.78 is 82.8. The summed E-state index contributed by atoms with van der Waals surface area (Å²) >= 11 is 0. The maximum absolute atomic E-state index is 15.3. The molecule has 2 aromatic carbocycles. The average molecular weight is 501 g/mol. The summed E-state index contributed by atoms with van der Waals surface area (Å²) in [5, 5.41) is 21.9. The van der Waals surface area contributed by atoms with Gasteiger partial charge in [0.1, 0.15) is 11.6 Å². The molecule has 1 unspecified atom stereocenters. The minimum atomic E-state index is -4.58. The Morgan fingerprint density at radius 1 is 1.06 bits per heavy atom. The van der Waals surface area contributed by atoms with Crippen LogP contribution in [0.5, 0.6) is 0 Å². The summed E-state index contributed by atoms with van der Waals surface area (Å²) in [4.78, 5) is 2.99. The zero-order chi connectivity index (χ0) is 25.3. The summed E-state index contributed by atoms with van der Waals surface area (Å²) in [5.41, 5.74) is 0.620. The maximum atomic E-state index is 15.3. The monoisotopic (exact) mass is 501 g/mol. The Hall–Kier alpha value is -2.28. The number of hydrogen-bond acceptors (Lipinski definition) is 5. The van der Waals surface area contributed by atoms with Gasteiger partial charge in [0.25, 0.3) is 0 Å². The van der Waals surface area contributed by atoms with Gasteiger partial charge in [0.2, 0.25) is 0 Å². The van der Waals surface area contributed by atoms with Crippen molar-refractivity contribution in [3.8, 4) is 0 Å². The molecule has 4 rings (SSSR count). The van der Waals surface area contributed by atoms with E-state index in [2.05, 4.69) is 5.32 Å². The smallest absolute Gasteiger partial charge is 0.423 e. The Bertz CT molecular complexity index is 1030. The fourth-order valence-corrected chi connectivity index (χ4v) is 4.89. The number of nitrogens with one attached hydrogen (secondary N) is 1. The lowest BCUT2D eigenvalue weighted by atomic mass is 9.76. The van der Waals surface area contributed by atoms with Crippen molar-refractivity contribution in [2.24, 2.45) is 0 Å². The van der Waals surface area contributed by atoms with Gasteiger partial charge in [-0.05, 0) is 41.6 Å². The molecular formula is C23H26BF6N3O2. The van der Waals surface area contributed by atoms with Gasteiger partial charge in [0, 0.05) is 37.4 Å². The van der Waals surface area contributed by atoms with E-state index in [1.807, 2.05) is 4.90 Å². The second-order valence-electron chi connectivity index (χ2n) is 9.07. The molecule has 1 saturated heterocycles. The lowest BCUT2D eigenvalue weighted by Crippen LogP contribution is -2.54. The third-order valence-electron chi connectivity index (χ3n) is 6.46. The zero-order valence-electron chi connectivity index (χ0n) is 18.8. The molecule has 1 fully saturated rings. The number of halogens is 6. The lowest BCUT2D eigenvalue weighted by Gasteiger charge is -2.40. The summed E-state index contributed by atoms with van der Waals surface area (Å²) in [6, 6.07) is 4.91. The number of hydrogen-bond donors (Lipinski definition) is 3. The molecule has 2 aromatic rings. The molecule has 0 radical (unpaired) electrons. The topological polar surface area (TPSA) is 59.0 Å². The predicted molar refractivity (Wildman–Crippen MR) is 120 cm³/mol. The van der Waals surface area contributed by atoms with Crippen LogP contribution in [0.1, 0.15) is 29.2 Å². The molecule has 2 aliphatic rings. The molecule has 12 heteroatoms. The molecule has 35 heavy (non-hydrogen) atoms.